The molecule has 1 heterocycles. The van der Waals surface area contributed by atoms with Crippen molar-refractivity contribution >= 4 is 23.6 Å². The van der Waals surface area contributed by atoms with Crippen LogP contribution in [0.1, 0.15) is 38.7 Å². The van der Waals surface area contributed by atoms with Gasteiger partial charge in [0.1, 0.15) is 0 Å². The first-order chi connectivity index (χ1) is 12.5. The molecule has 26 heavy (non-hydrogen) atoms. The highest BCUT2D eigenvalue weighted by Crippen LogP contribution is 2.26. The van der Waals surface area contributed by atoms with Crippen LogP contribution in [-0.2, 0) is 14.3 Å². The molecule has 7 heteroatoms. The number of benzene rings is 1. The van der Waals surface area contributed by atoms with Gasteiger partial charge in [0.2, 0.25) is 0 Å². The standard InChI is InChI=1S/C19H27N3O4/c1-4-14(3)15-8-6-7-9-16(15)20-17(23)18(24)21-10-12-22(13-11-21)19(25)26-5-2/h6-9,14H,4-5,10-13H2,1-3H3,(H,20,23). The summed E-state index contributed by atoms with van der Waals surface area (Å²) in [7, 11) is 0. The zero-order valence-electron chi connectivity index (χ0n) is 15.7. The van der Waals surface area contributed by atoms with E-state index in [-0.39, 0.29) is 12.0 Å². The number of piperazine rings is 1. The molecule has 0 aliphatic carbocycles. The molecule has 0 bridgehead atoms. The first-order valence-corrected chi connectivity index (χ1v) is 9.08. The van der Waals surface area contributed by atoms with Gasteiger partial charge in [-0.15, -0.1) is 0 Å². The highest BCUT2D eigenvalue weighted by molar-refractivity contribution is 6.39. The topological polar surface area (TPSA) is 79.0 Å². The van der Waals surface area contributed by atoms with Crippen molar-refractivity contribution in [2.24, 2.45) is 0 Å². The summed E-state index contributed by atoms with van der Waals surface area (Å²) in [6, 6.07) is 7.54. The molecule has 3 amide bonds. The Bertz CT molecular complexity index is 654. The summed E-state index contributed by atoms with van der Waals surface area (Å²) in [6.07, 6.45) is 0.558. The van der Waals surface area contributed by atoms with Gasteiger partial charge < -0.3 is 19.9 Å². The zero-order chi connectivity index (χ0) is 19.1. The maximum atomic E-state index is 12.4. The van der Waals surface area contributed by atoms with Gasteiger partial charge in [0.15, 0.2) is 0 Å². The lowest BCUT2D eigenvalue weighted by molar-refractivity contribution is -0.144. The van der Waals surface area contributed by atoms with Crippen molar-refractivity contribution in [1.82, 2.24) is 9.80 Å². The molecule has 2 rings (SSSR count). The molecule has 0 aromatic heterocycles. The van der Waals surface area contributed by atoms with Crippen LogP contribution in [0.3, 0.4) is 0 Å². The molecule has 0 saturated carbocycles. The molecular weight excluding hydrogens is 334 g/mol. The van der Waals surface area contributed by atoms with Crippen LogP contribution in [0, 0.1) is 0 Å². The summed E-state index contributed by atoms with van der Waals surface area (Å²) in [4.78, 5) is 39.5. The molecule has 1 aromatic rings. The van der Waals surface area contributed by atoms with E-state index in [0.717, 1.165) is 12.0 Å². The van der Waals surface area contributed by atoms with Crippen LogP contribution in [0.5, 0.6) is 0 Å². The smallest absolute Gasteiger partial charge is 0.409 e. The van der Waals surface area contributed by atoms with Crippen LogP contribution < -0.4 is 5.32 Å². The van der Waals surface area contributed by atoms with E-state index < -0.39 is 11.8 Å². The maximum Gasteiger partial charge on any atom is 0.409 e. The number of carbonyl (C=O) groups is 3. The second kappa shape index (κ2) is 9.22. The number of rotatable bonds is 4. The molecule has 1 aromatic carbocycles. The molecular formula is C19H27N3O4. The van der Waals surface area contributed by atoms with E-state index in [1.807, 2.05) is 24.3 Å². The van der Waals surface area contributed by atoms with Crippen molar-refractivity contribution in [3.05, 3.63) is 29.8 Å². The van der Waals surface area contributed by atoms with E-state index in [4.69, 9.17) is 4.74 Å². The van der Waals surface area contributed by atoms with E-state index in [1.54, 1.807) is 11.8 Å². The van der Waals surface area contributed by atoms with Gasteiger partial charge in [0.25, 0.3) is 0 Å². The first-order valence-electron chi connectivity index (χ1n) is 9.08. The Labute approximate surface area is 154 Å². The third kappa shape index (κ3) is 4.74. The lowest BCUT2D eigenvalue weighted by Crippen LogP contribution is -2.53. The van der Waals surface area contributed by atoms with Crippen LogP contribution >= 0.6 is 0 Å². The average molecular weight is 361 g/mol. The fourth-order valence-electron chi connectivity index (χ4n) is 2.89. The third-order valence-corrected chi connectivity index (χ3v) is 4.64. The van der Waals surface area contributed by atoms with Gasteiger partial charge in [0, 0.05) is 31.9 Å². The Kier molecular flexibility index (Phi) is 7.00. The van der Waals surface area contributed by atoms with Gasteiger partial charge in [-0.1, -0.05) is 32.0 Å². The molecule has 0 radical (unpaired) electrons. The van der Waals surface area contributed by atoms with E-state index in [9.17, 15) is 14.4 Å². The van der Waals surface area contributed by atoms with Crippen molar-refractivity contribution in [3.8, 4) is 0 Å². The fraction of sp³-hybridized carbons (Fsp3) is 0.526. The number of nitrogens with one attached hydrogen (secondary N) is 1. The Morgan fingerprint density at radius 2 is 1.69 bits per heavy atom. The van der Waals surface area contributed by atoms with Gasteiger partial charge in [-0.3, -0.25) is 9.59 Å². The summed E-state index contributed by atoms with van der Waals surface area (Å²) in [5.74, 6) is -0.937. The Hall–Kier alpha value is -2.57. The summed E-state index contributed by atoms with van der Waals surface area (Å²) < 4.78 is 4.95. The lowest BCUT2D eigenvalue weighted by Gasteiger charge is -2.33. The number of ether oxygens (including phenoxy) is 1. The average Bonchev–Trinajstić information content (AvgIpc) is 2.67. The summed E-state index contributed by atoms with van der Waals surface area (Å²) in [5, 5.41) is 2.74. The third-order valence-electron chi connectivity index (χ3n) is 4.64. The molecule has 142 valence electrons. The van der Waals surface area contributed by atoms with Crippen molar-refractivity contribution in [3.63, 3.8) is 0 Å². The lowest BCUT2D eigenvalue weighted by atomic mass is 9.97. The number of hydrogen-bond donors (Lipinski definition) is 1. The monoisotopic (exact) mass is 361 g/mol. The maximum absolute atomic E-state index is 12.4. The van der Waals surface area contributed by atoms with Crippen molar-refractivity contribution in [1.29, 1.82) is 0 Å². The Balaban J connectivity index is 1.95. The molecule has 7 nitrogen and oxygen atoms in total. The molecule has 1 aliphatic rings. The van der Waals surface area contributed by atoms with Gasteiger partial charge in [-0.05, 0) is 30.9 Å². The normalized spacial score (nSPS) is 15.3. The number of anilines is 1. The van der Waals surface area contributed by atoms with Crippen LogP contribution in [0.25, 0.3) is 0 Å². The second-order valence-corrected chi connectivity index (χ2v) is 6.33. The van der Waals surface area contributed by atoms with Crippen LogP contribution in [-0.4, -0.2) is 60.5 Å². The zero-order valence-corrected chi connectivity index (χ0v) is 15.7. The van der Waals surface area contributed by atoms with Gasteiger partial charge in [0.05, 0.1) is 6.61 Å². The molecule has 1 N–H and O–H groups in total. The number of carbonyl (C=O) groups excluding carboxylic acids is 3. The largest absolute Gasteiger partial charge is 0.450 e. The van der Waals surface area contributed by atoms with Gasteiger partial charge in [-0.2, -0.15) is 0 Å². The summed E-state index contributed by atoms with van der Waals surface area (Å²) in [6.45, 7) is 7.59. The molecule has 1 unspecified atom stereocenters. The minimum Gasteiger partial charge on any atom is -0.450 e. The number of hydrogen-bond acceptors (Lipinski definition) is 4. The molecule has 1 aliphatic heterocycles. The van der Waals surface area contributed by atoms with E-state index >= 15 is 0 Å². The molecule has 1 saturated heterocycles. The second-order valence-electron chi connectivity index (χ2n) is 6.33. The van der Waals surface area contributed by atoms with E-state index in [1.165, 1.54) is 4.90 Å². The summed E-state index contributed by atoms with van der Waals surface area (Å²) >= 11 is 0. The minimum atomic E-state index is -0.648. The van der Waals surface area contributed by atoms with Crippen LogP contribution in [0.4, 0.5) is 10.5 Å². The van der Waals surface area contributed by atoms with Crippen molar-refractivity contribution in [2.45, 2.75) is 33.1 Å². The van der Waals surface area contributed by atoms with Gasteiger partial charge >= 0.3 is 17.9 Å². The van der Waals surface area contributed by atoms with Crippen LogP contribution in [0.15, 0.2) is 24.3 Å². The predicted molar refractivity (Wildman–Crippen MR) is 99.0 cm³/mol. The first kappa shape index (κ1) is 19.8. The SMILES string of the molecule is CCOC(=O)N1CCN(C(=O)C(=O)Nc2ccccc2C(C)CC)CC1. The van der Waals surface area contributed by atoms with Crippen molar-refractivity contribution in [2.75, 3.05) is 38.1 Å². The minimum absolute atomic E-state index is 0.287. The van der Waals surface area contributed by atoms with Crippen LogP contribution in [0.2, 0.25) is 0 Å². The number of amides is 3. The fourth-order valence-corrected chi connectivity index (χ4v) is 2.89. The molecule has 1 atom stereocenters. The predicted octanol–water partition coefficient (Wildman–Crippen LogP) is 2.44. The van der Waals surface area contributed by atoms with E-state index in [2.05, 4.69) is 19.2 Å². The Morgan fingerprint density at radius 3 is 2.31 bits per heavy atom. The highest BCUT2D eigenvalue weighted by Gasteiger charge is 2.28. The molecule has 1 fully saturated rings. The number of para-hydroxylation sites is 1. The van der Waals surface area contributed by atoms with Crippen molar-refractivity contribution < 1.29 is 19.1 Å². The quantitative estimate of drug-likeness (QED) is 0.836. The highest BCUT2D eigenvalue weighted by atomic mass is 16.6. The molecule has 0 spiro atoms. The van der Waals surface area contributed by atoms with Gasteiger partial charge in [-0.25, -0.2) is 4.79 Å². The number of nitrogens with zero attached hydrogens (tertiary/aromatic N) is 2. The summed E-state index contributed by atoms with van der Waals surface area (Å²) in [5.41, 5.74) is 1.69. The Morgan fingerprint density at radius 1 is 1.08 bits per heavy atom. The van der Waals surface area contributed by atoms with E-state index in [0.29, 0.717) is 38.5 Å².